The molecule has 1 fully saturated rings. The molecule has 1 aromatic rings. The highest BCUT2D eigenvalue weighted by Gasteiger charge is 2.44. The molecule has 0 spiro atoms. The minimum absolute atomic E-state index is 0.276. The van der Waals surface area contributed by atoms with Crippen LogP contribution in [-0.2, 0) is 4.74 Å². The lowest BCUT2D eigenvalue weighted by atomic mass is 9.80. The molecule has 1 aliphatic heterocycles. The van der Waals surface area contributed by atoms with Gasteiger partial charge in [-0.3, -0.25) is 4.99 Å². The maximum Gasteiger partial charge on any atom is 0.161 e. The Balaban J connectivity index is 1.87. The SMILES string of the molecule is COCCCOc1cc2c(cc1OC)C=N[C@H]1[C@@H]2CCC1(C)C. The van der Waals surface area contributed by atoms with Crippen molar-refractivity contribution in [3.8, 4) is 11.5 Å². The number of rotatable bonds is 6. The fourth-order valence-electron chi connectivity index (χ4n) is 3.85. The number of methoxy groups -OCH3 is 2. The molecule has 0 bridgehead atoms. The Kier molecular flexibility index (Phi) is 4.62. The zero-order valence-corrected chi connectivity index (χ0v) is 14.6. The average molecular weight is 317 g/mol. The fourth-order valence-corrected chi connectivity index (χ4v) is 3.85. The van der Waals surface area contributed by atoms with E-state index >= 15 is 0 Å². The summed E-state index contributed by atoms with van der Waals surface area (Å²) in [6.07, 6.45) is 5.30. The van der Waals surface area contributed by atoms with Gasteiger partial charge in [-0.1, -0.05) is 13.8 Å². The number of hydrogen-bond donors (Lipinski definition) is 0. The molecule has 0 aromatic heterocycles. The van der Waals surface area contributed by atoms with E-state index in [4.69, 9.17) is 19.2 Å². The molecule has 0 amide bonds. The van der Waals surface area contributed by atoms with E-state index in [9.17, 15) is 0 Å². The van der Waals surface area contributed by atoms with Gasteiger partial charge < -0.3 is 14.2 Å². The Morgan fingerprint density at radius 3 is 2.74 bits per heavy atom. The molecule has 0 N–H and O–H groups in total. The Morgan fingerprint density at radius 2 is 2.00 bits per heavy atom. The van der Waals surface area contributed by atoms with E-state index in [0.29, 0.717) is 25.2 Å². The molecule has 3 rings (SSSR count). The summed E-state index contributed by atoms with van der Waals surface area (Å²) in [6, 6.07) is 4.61. The van der Waals surface area contributed by atoms with E-state index < -0.39 is 0 Å². The summed E-state index contributed by atoms with van der Waals surface area (Å²) < 4.78 is 16.5. The highest BCUT2D eigenvalue weighted by Crippen LogP contribution is 2.51. The first kappa shape index (κ1) is 16.3. The molecule has 0 saturated heterocycles. The van der Waals surface area contributed by atoms with Crippen LogP contribution in [0.3, 0.4) is 0 Å². The van der Waals surface area contributed by atoms with Crippen molar-refractivity contribution >= 4 is 6.21 Å². The number of benzene rings is 1. The number of ether oxygens (including phenoxy) is 3. The Hall–Kier alpha value is -1.55. The second-order valence-electron chi connectivity index (χ2n) is 7.18. The van der Waals surface area contributed by atoms with Gasteiger partial charge >= 0.3 is 0 Å². The Morgan fingerprint density at radius 1 is 1.17 bits per heavy atom. The van der Waals surface area contributed by atoms with Crippen LogP contribution in [0.5, 0.6) is 11.5 Å². The molecule has 1 aromatic carbocycles. The van der Waals surface area contributed by atoms with Crippen molar-refractivity contribution in [2.75, 3.05) is 27.4 Å². The van der Waals surface area contributed by atoms with Gasteiger partial charge in [0.25, 0.3) is 0 Å². The normalized spacial score (nSPS) is 24.2. The maximum absolute atomic E-state index is 5.95. The third-order valence-corrected chi connectivity index (χ3v) is 5.17. The molecular formula is C19H27NO3. The summed E-state index contributed by atoms with van der Waals surface area (Å²) >= 11 is 0. The van der Waals surface area contributed by atoms with Crippen molar-refractivity contribution in [1.29, 1.82) is 0 Å². The van der Waals surface area contributed by atoms with Crippen molar-refractivity contribution in [3.05, 3.63) is 23.3 Å². The summed E-state index contributed by atoms with van der Waals surface area (Å²) in [7, 11) is 3.39. The maximum atomic E-state index is 5.95. The zero-order chi connectivity index (χ0) is 16.4. The first-order chi connectivity index (χ1) is 11.1. The first-order valence-electron chi connectivity index (χ1n) is 8.43. The van der Waals surface area contributed by atoms with Crippen LogP contribution in [0.15, 0.2) is 17.1 Å². The van der Waals surface area contributed by atoms with Gasteiger partial charge in [0, 0.05) is 32.3 Å². The molecule has 126 valence electrons. The molecule has 0 radical (unpaired) electrons. The second-order valence-corrected chi connectivity index (χ2v) is 7.18. The largest absolute Gasteiger partial charge is 0.493 e. The van der Waals surface area contributed by atoms with Crippen LogP contribution in [0.25, 0.3) is 0 Å². The second kappa shape index (κ2) is 6.52. The van der Waals surface area contributed by atoms with Gasteiger partial charge in [-0.2, -0.15) is 0 Å². The molecule has 2 atom stereocenters. The van der Waals surface area contributed by atoms with Gasteiger partial charge in [0.1, 0.15) is 0 Å². The van der Waals surface area contributed by atoms with Gasteiger partial charge in [0.15, 0.2) is 11.5 Å². The third-order valence-electron chi connectivity index (χ3n) is 5.17. The van der Waals surface area contributed by atoms with E-state index in [0.717, 1.165) is 17.9 Å². The van der Waals surface area contributed by atoms with Gasteiger partial charge in [0.2, 0.25) is 0 Å². The van der Waals surface area contributed by atoms with Crippen molar-refractivity contribution in [2.24, 2.45) is 10.4 Å². The summed E-state index contributed by atoms with van der Waals surface area (Å²) in [5, 5.41) is 0. The lowest BCUT2D eigenvalue weighted by Crippen LogP contribution is -2.28. The standard InChI is InChI=1S/C19H27NO3/c1-19(2)7-6-14-15-11-17(23-9-5-8-21-3)16(22-4)10-13(15)12-20-18(14)19/h10-12,14,18H,5-9H2,1-4H3/t14-,18+/m1/s1. The van der Waals surface area contributed by atoms with Crippen LogP contribution in [0.4, 0.5) is 0 Å². The number of hydrogen-bond acceptors (Lipinski definition) is 4. The summed E-state index contributed by atoms with van der Waals surface area (Å²) in [4.78, 5) is 4.84. The molecule has 4 nitrogen and oxygen atoms in total. The predicted molar refractivity (Wildman–Crippen MR) is 92.1 cm³/mol. The lowest BCUT2D eigenvalue weighted by molar-refractivity contribution is 0.170. The van der Waals surface area contributed by atoms with Gasteiger partial charge in [-0.05, 0) is 41.5 Å². The first-order valence-corrected chi connectivity index (χ1v) is 8.43. The van der Waals surface area contributed by atoms with Crippen LogP contribution < -0.4 is 9.47 Å². The quantitative estimate of drug-likeness (QED) is 0.749. The number of fused-ring (bicyclic) bond motifs is 3. The lowest BCUT2D eigenvalue weighted by Gasteiger charge is -2.31. The van der Waals surface area contributed by atoms with Crippen LogP contribution in [-0.4, -0.2) is 39.7 Å². The number of nitrogens with zero attached hydrogens (tertiary/aromatic N) is 1. The summed E-state index contributed by atoms with van der Waals surface area (Å²) in [6.45, 7) is 5.99. The minimum Gasteiger partial charge on any atom is -0.493 e. The van der Waals surface area contributed by atoms with E-state index in [1.54, 1.807) is 14.2 Å². The molecule has 0 unspecified atom stereocenters. The topological polar surface area (TPSA) is 40.0 Å². The minimum atomic E-state index is 0.276. The summed E-state index contributed by atoms with van der Waals surface area (Å²) in [5.41, 5.74) is 2.81. The van der Waals surface area contributed by atoms with Crippen molar-refractivity contribution < 1.29 is 14.2 Å². The zero-order valence-electron chi connectivity index (χ0n) is 14.6. The van der Waals surface area contributed by atoms with E-state index in [-0.39, 0.29) is 5.41 Å². The van der Waals surface area contributed by atoms with Crippen LogP contribution in [0, 0.1) is 5.41 Å². The van der Waals surface area contributed by atoms with Crippen molar-refractivity contribution in [3.63, 3.8) is 0 Å². The van der Waals surface area contributed by atoms with E-state index in [1.165, 1.54) is 24.0 Å². The smallest absolute Gasteiger partial charge is 0.161 e. The van der Waals surface area contributed by atoms with Gasteiger partial charge in [0.05, 0.1) is 19.8 Å². The Labute approximate surface area is 138 Å². The molecule has 1 saturated carbocycles. The molecule has 4 heteroatoms. The van der Waals surface area contributed by atoms with Crippen LogP contribution >= 0.6 is 0 Å². The van der Waals surface area contributed by atoms with Crippen LogP contribution in [0.2, 0.25) is 0 Å². The molecular weight excluding hydrogens is 290 g/mol. The Bertz CT molecular complexity index is 595. The number of aliphatic imine (C=N–C) groups is 1. The van der Waals surface area contributed by atoms with Crippen molar-refractivity contribution in [1.82, 2.24) is 0 Å². The van der Waals surface area contributed by atoms with Crippen molar-refractivity contribution in [2.45, 2.75) is 45.1 Å². The summed E-state index contributed by atoms with van der Waals surface area (Å²) in [5.74, 6) is 2.11. The fraction of sp³-hybridized carbons (Fsp3) is 0.632. The highest BCUT2D eigenvalue weighted by atomic mass is 16.5. The molecule has 1 heterocycles. The third kappa shape index (κ3) is 3.09. The van der Waals surface area contributed by atoms with E-state index in [1.807, 2.05) is 6.21 Å². The van der Waals surface area contributed by atoms with Crippen LogP contribution in [0.1, 0.15) is 50.2 Å². The molecule has 2 aliphatic rings. The average Bonchev–Trinajstić information content (AvgIpc) is 2.86. The van der Waals surface area contributed by atoms with Gasteiger partial charge in [-0.25, -0.2) is 0 Å². The highest BCUT2D eigenvalue weighted by molar-refractivity contribution is 5.85. The predicted octanol–water partition coefficient (Wildman–Crippen LogP) is 3.82. The monoisotopic (exact) mass is 317 g/mol. The molecule has 23 heavy (non-hydrogen) atoms. The molecule has 1 aliphatic carbocycles. The van der Waals surface area contributed by atoms with Gasteiger partial charge in [-0.15, -0.1) is 0 Å². The van der Waals surface area contributed by atoms with E-state index in [2.05, 4.69) is 26.0 Å².